The minimum Gasteiger partial charge on any atom is -0.352 e. The minimum atomic E-state index is -0.208. The molecule has 1 aliphatic rings. The highest BCUT2D eigenvalue weighted by atomic mass is 16.1. The third-order valence-electron chi connectivity index (χ3n) is 3.96. The van der Waals surface area contributed by atoms with Crippen LogP contribution in [0.1, 0.15) is 15.9 Å². The first-order chi connectivity index (χ1) is 11.7. The molecular formula is C17H19N5O2. The third-order valence-corrected chi connectivity index (χ3v) is 3.96. The highest BCUT2D eigenvalue weighted by Gasteiger charge is 2.17. The molecule has 0 bridgehead atoms. The lowest BCUT2D eigenvalue weighted by Crippen LogP contribution is -2.46. The molecule has 2 aromatic rings. The molecule has 1 aromatic heterocycles. The molecule has 0 atom stereocenters. The number of carbonyl (C=O) groups is 2. The fourth-order valence-electron chi connectivity index (χ4n) is 2.59. The van der Waals surface area contributed by atoms with Crippen LogP contribution in [-0.2, 0) is 4.79 Å². The first-order valence-electron chi connectivity index (χ1n) is 7.82. The van der Waals surface area contributed by atoms with Crippen molar-refractivity contribution >= 4 is 24.0 Å². The molecule has 0 spiro atoms. The molecule has 3 rings (SSSR count). The number of piperazine rings is 1. The first-order valence-corrected chi connectivity index (χ1v) is 7.82. The summed E-state index contributed by atoms with van der Waals surface area (Å²) < 4.78 is 0. The van der Waals surface area contributed by atoms with E-state index in [1.54, 1.807) is 17.0 Å². The molecule has 0 aliphatic carbocycles. The highest BCUT2D eigenvalue weighted by molar-refractivity contribution is 6.03. The Morgan fingerprint density at radius 2 is 1.92 bits per heavy atom. The molecule has 24 heavy (non-hydrogen) atoms. The van der Waals surface area contributed by atoms with Crippen molar-refractivity contribution in [3.05, 3.63) is 47.5 Å². The van der Waals surface area contributed by atoms with Gasteiger partial charge in [0.1, 0.15) is 0 Å². The zero-order valence-electron chi connectivity index (χ0n) is 13.5. The number of carbonyl (C=O) groups excluding carboxylic acids is 2. The lowest BCUT2D eigenvalue weighted by Gasteiger charge is -2.32. The van der Waals surface area contributed by atoms with Gasteiger partial charge in [0, 0.05) is 31.7 Å². The summed E-state index contributed by atoms with van der Waals surface area (Å²) in [6, 6.07) is 10.9. The van der Waals surface area contributed by atoms with Gasteiger partial charge in [0.05, 0.1) is 0 Å². The van der Waals surface area contributed by atoms with Crippen molar-refractivity contribution in [3.63, 3.8) is 0 Å². The Kier molecular flexibility index (Phi) is 4.69. The van der Waals surface area contributed by atoms with Crippen LogP contribution in [0.2, 0.25) is 0 Å². The van der Waals surface area contributed by atoms with Gasteiger partial charge in [0.2, 0.25) is 6.41 Å². The van der Waals surface area contributed by atoms with Crippen molar-refractivity contribution in [2.24, 2.45) is 0 Å². The van der Waals surface area contributed by atoms with Crippen LogP contribution in [0.3, 0.4) is 0 Å². The van der Waals surface area contributed by atoms with E-state index >= 15 is 0 Å². The van der Waals surface area contributed by atoms with Crippen LogP contribution in [0.15, 0.2) is 36.4 Å². The second kappa shape index (κ2) is 7.08. The van der Waals surface area contributed by atoms with Crippen molar-refractivity contribution in [2.75, 3.05) is 36.4 Å². The van der Waals surface area contributed by atoms with Gasteiger partial charge in [0.15, 0.2) is 11.6 Å². The number of aromatic nitrogens is 2. The molecule has 1 aromatic carbocycles. The van der Waals surface area contributed by atoms with E-state index in [4.69, 9.17) is 0 Å². The molecule has 2 amide bonds. The van der Waals surface area contributed by atoms with E-state index in [2.05, 4.69) is 20.4 Å². The number of amides is 2. The van der Waals surface area contributed by atoms with Gasteiger partial charge in [-0.25, -0.2) is 0 Å². The van der Waals surface area contributed by atoms with E-state index in [0.29, 0.717) is 24.5 Å². The summed E-state index contributed by atoms with van der Waals surface area (Å²) in [5, 5.41) is 11.0. The van der Waals surface area contributed by atoms with Gasteiger partial charge in [-0.15, -0.1) is 10.2 Å². The topological polar surface area (TPSA) is 78.4 Å². The van der Waals surface area contributed by atoms with Crippen LogP contribution in [-0.4, -0.2) is 53.6 Å². The van der Waals surface area contributed by atoms with E-state index in [-0.39, 0.29) is 5.91 Å². The van der Waals surface area contributed by atoms with Crippen LogP contribution in [0, 0.1) is 6.92 Å². The number of nitrogens with one attached hydrogen (secondary N) is 1. The van der Waals surface area contributed by atoms with Crippen LogP contribution in [0.5, 0.6) is 0 Å². The first kappa shape index (κ1) is 15.9. The largest absolute Gasteiger partial charge is 0.352 e. The summed E-state index contributed by atoms with van der Waals surface area (Å²) in [7, 11) is 0. The van der Waals surface area contributed by atoms with E-state index in [0.717, 1.165) is 30.9 Å². The maximum atomic E-state index is 12.2. The number of rotatable bonds is 4. The van der Waals surface area contributed by atoms with Crippen molar-refractivity contribution in [3.8, 4) is 0 Å². The second-order valence-corrected chi connectivity index (χ2v) is 5.73. The number of aryl methyl sites for hydroxylation is 1. The maximum Gasteiger partial charge on any atom is 0.256 e. The van der Waals surface area contributed by atoms with Gasteiger partial charge in [-0.2, -0.15) is 0 Å². The third kappa shape index (κ3) is 3.68. The number of nitrogens with zero attached hydrogens (tertiary/aromatic N) is 4. The zero-order chi connectivity index (χ0) is 16.9. The van der Waals surface area contributed by atoms with Crippen molar-refractivity contribution in [2.45, 2.75) is 6.92 Å². The summed E-state index contributed by atoms with van der Waals surface area (Å²) in [5.74, 6) is 0.950. The molecule has 1 aliphatic heterocycles. The van der Waals surface area contributed by atoms with Crippen LogP contribution in [0.25, 0.3) is 0 Å². The zero-order valence-corrected chi connectivity index (χ0v) is 13.5. The number of hydrogen-bond acceptors (Lipinski definition) is 5. The summed E-state index contributed by atoms with van der Waals surface area (Å²) in [6.07, 6.45) is 0.868. The van der Waals surface area contributed by atoms with E-state index in [1.165, 1.54) is 0 Å². The van der Waals surface area contributed by atoms with Gasteiger partial charge >= 0.3 is 0 Å². The molecule has 0 unspecified atom stereocenters. The molecule has 1 fully saturated rings. The number of hydrogen-bond donors (Lipinski definition) is 1. The van der Waals surface area contributed by atoms with Crippen LogP contribution >= 0.6 is 0 Å². The Bertz CT molecular complexity index is 724. The molecule has 0 saturated carbocycles. The van der Waals surface area contributed by atoms with E-state index in [9.17, 15) is 9.59 Å². The number of benzene rings is 1. The predicted molar refractivity (Wildman–Crippen MR) is 91.0 cm³/mol. The lowest BCUT2D eigenvalue weighted by molar-refractivity contribution is -0.118. The van der Waals surface area contributed by atoms with Gasteiger partial charge in [0.25, 0.3) is 5.91 Å². The lowest BCUT2D eigenvalue weighted by atomic mass is 10.1. The molecule has 0 radical (unpaired) electrons. The molecule has 1 N–H and O–H groups in total. The van der Waals surface area contributed by atoms with Crippen molar-refractivity contribution < 1.29 is 9.59 Å². The summed E-state index contributed by atoms with van der Waals surface area (Å²) in [5.41, 5.74) is 1.62. The van der Waals surface area contributed by atoms with E-state index < -0.39 is 0 Å². The maximum absolute atomic E-state index is 12.2. The summed E-state index contributed by atoms with van der Waals surface area (Å²) >= 11 is 0. The molecule has 124 valence electrons. The minimum absolute atomic E-state index is 0.208. The van der Waals surface area contributed by atoms with Gasteiger partial charge < -0.3 is 15.1 Å². The SMILES string of the molecule is Cc1cccc(C(=O)Nc2ccc(N3CCN(C=O)CC3)nn2)c1. The average Bonchev–Trinajstić information content (AvgIpc) is 2.62. The molecular weight excluding hydrogens is 306 g/mol. The molecule has 7 heteroatoms. The molecule has 2 heterocycles. The Labute approximate surface area is 140 Å². The van der Waals surface area contributed by atoms with Crippen molar-refractivity contribution in [1.29, 1.82) is 0 Å². The van der Waals surface area contributed by atoms with Crippen LogP contribution < -0.4 is 10.2 Å². The van der Waals surface area contributed by atoms with E-state index in [1.807, 2.05) is 31.2 Å². The Balaban J connectivity index is 1.62. The van der Waals surface area contributed by atoms with Crippen LogP contribution in [0.4, 0.5) is 11.6 Å². The van der Waals surface area contributed by atoms with Crippen molar-refractivity contribution in [1.82, 2.24) is 15.1 Å². The second-order valence-electron chi connectivity index (χ2n) is 5.73. The Morgan fingerprint density at radius 1 is 1.12 bits per heavy atom. The van der Waals surface area contributed by atoms with Gasteiger partial charge in [-0.05, 0) is 31.2 Å². The molecule has 7 nitrogen and oxygen atoms in total. The standard InChI is InChI=1S/C17H19N5O2/c1-13-3-2-4-14(11-13)17(24)18-15-5-6-16(20-19-15)22-9-7-21(12-23)8-10-22/h2-6,11-12H,7-10H2,1H3,(H,18,19,24). The Morgan fingerprint density at radius 3 is 2.54 bits per heavy atom. The fourth-order valence-corrected chi connectivity index (χ4v) is 2.59. The fraction of sp³-hybridized carbons (Fsp3) is 0.294. The normalized spacial score (nSPS) is 14.4. The quantitative estimate of drug-likeness (QED) is 0.858. The van der Waals surface area contributed by atoms with Gasteiger partial charge in [-0.1, -0.05) is 17.7 Å². The molecule has 1 saturated heterocycles. The predicted octanol–water partition coefficient (Wildman–Crippen LogP) is 1.32. The number of anilines is 2. The smallest absolute Gasteiger partial charge is 0.256 e. The van der Waals surface area contributed by atoms with Gasteiger partial charge in [-0.3, -0.25) is 9.59 Å². The Hall–Kier alpha value is -2.96. The average molecular weight is 325 g/mol. The highest BCUT2D eigenvalue weighted by Crippen LogP contribution is 2.14. The monoisotopic (exact) mass is 325 g/mol. The summed E-state index contributed by atoms with van der Waals surface area (Å²) in [6.45, 7) is 4.74. The summed E-state index contributed by atoms with van der Waals surface area (Å²) in [4.78, 5) is 26.7.